The molecule has 1 aromatic heterocycles. The number of imide groups is 1. The quantitative estimate of drug-likeness (QED) is 0.647. The highest BCUT2D eigenvalue weighted by Gasteiger charge is 2.50. The van der Waals surface area contributed by atoms with Gasteiger partial charge in [0.2, 0.25) is 5.91 Å². The van der Waals surface area contributed by atoms with Gasteiger partial charge < -0.3 is 11.1 Å². The molecule has 1 aromatic carbocycles. The number of β-lactam (4-membered cyclic amide) rings is 1. The molecular weight excluding hydrogens is 404 g/mol. The molecule has 0 spiro atoms. The molecule has 2 heterocycles. The lowest BCUT2D eigenvalue weighted by molar-refractivity contribution is -0.150. The number of hydrogen-bond donors (Lipinski definition) is 2. The summed E-state index contributed by atoms with van der Waals surface area (Å²) in [7, 11) is -3.23. The Morgan fingerprint density at radius 3 is 2.60 bits per heavy atom. The number of nitrogen functional groups attached to an aromatic ring is 1. The number of pyridine rings is 1. The summed E-state index contributed by atoms with van der Waals surface area (Å²) in [5, 5.41) is 2.84. The van der Waals surface area contributed by atoms with Gasteiger partial charge in [-0.2, -0.15) is 0 Å². The first-order valence-electron chi connectivity index (χ1n) is 9.72. The smallest absolute Gasteiger partial charge is 0.324 e. The number of carbonyl (C=O) groups excluding carboxylic acids is 2. The van der Waals surface area contributed by atoms with Crippen LogP contribution in [0.1, 0.15) is 30.5 Å². The van der Waals surface area contributed by atoms with Crippen molar-refractivity contribution in [2.75, 3.05) is 17.7 Å². The summed E-state index contributed by atoms with van der Waals surface area (Å²) in [6, 6.07) is 11.6. The molecule has 8 nitrogen and oxygen atoms in total. The minimum absolute atomic E-state index is 0.0993. The molecule has 0 radical (unpaired) electrons. The Kier molecular flexibility index (Phi) is 6.40. The van der Waals surface area contributed by atoms with Crippen LogP contribution >= 0.6 is 0 Å². The van der Waals surface area contributed by atoms with Crippen LogP contribution < -0.4 is 11.1 Å². The molecule has 3 amide bonds. The number of anilines is 1. The minimum Gasteiger partial charge on any atom is -0.384 e. The number of urea groups is 1. The van der Waals surface area contributed by atoms with E-state index in [1.165, 1.54) is 0 Å². The van der Waals surface area contributed by atoms with Gasteiger partial charge in [-0.1, -0.05) is 30.3 Å². The number of rotatable bonds is 7. The molecule has 3 rings (SSSR count). The van der Waals surface area contributed by atoms with Crippen LogP contribution in [0.2, 0.25) is 0 Å². The van der Waals surface area contributed by atoms with Crippen LogP contribution in [0, 0.1) is 5.92 Å². The largest absolute Gasteiger partial charge is 0.384 e. The van der Waals surface area contributed by atoms with E-state index in [4.69, 9.17) is 5.73 Å². The molecule has 160 valence electrons. The number of likely N-dealkylation sites (tertiary alicyclic amines) is 1. The van der Waals surface area contributed by atoms with Crippen molar-refractivity contribution in [2.24, 2.45) is 5.92 Å². The van der Waals surface area contributed by atoms with Crippen molar-refractivity contribution in [2.45, 2.75) is 31.8 Å². The number of aromatic nitrogens is 1. The van der Waals surface area contributed by atoms with E-state index in [1.54, 1.807) is 18.3 Å². The van der Waals surface area contributed by atoms with Gasteiger partial charge in [0.25, 0.3) is 0 Å². The Bertz CT molecular complexity index is 1030. The lowest BCUT2D eigenvalue weighted by atomic mass is 9.81. The number of nitrogens with two attached hydrogens (primary N) is 1. The molecule has 30 heavy (non-hydrogen) atoms. The molecule has 3 N–H and O–H groups in total. The first kappa shape index (κ1) is 21.8. The predicted molar refractivity (Wildman–Crippen MR) is 114 cm³/mol. The molecule has 0 aliphatic carbocycles. The Labute approximate surface area is 176 Å². The Balaban J connectivity index is 1.74. The Morgan fingerprint density at radius 2 is 1.97 bits per heavy atom. The van der Waals surface area contributed by atoms with Gasteiger partial charge >= 0.3 is 6.03 Å². The maximum Gasteiger partial charge on any atom is 0.324 e. The fraction of sp³-hybridized carbons (Fsp3) is 0.381. The van der Waals surface area contributed by atoms with E-state index in [2.05, 4.69) is 10.3 Å². The molecule has 0 bridgehead atoms. The Hall–Kier alpha value is -2.94. The standard InChI is InChI=1S/C21H26N4O4S/c1-14(16-6-4-3-5-7-16)24-21(27)25-18(9-11-30(2,28)29)17(20(25)26)12-15-8-10-23-19(22)13-15/h3-8,10,13-14,17-18H,9,11-12H2,1-2H3,(H2,22,23)(H,24,27). The van der Waals surface area contributed by atoms with E-state index < -0.39 is 27.8 Å². The van der Waals surface area contributed by atoms with E-state index >= 15 is 0 Å². The summed E-state index contributed by atoms with van der Waals surface area (Å²) in [4.78, 5) is 30.7. The summed E-state index contributed by atoms with van der Waals surface area (Å²) < 4.78 is 23.4. The number of nitrogens with zero attached hydrogens (tertiary/aromatic N) is 2. The highest BCUT2D eigenvalue weighted by Crippen LogP contribution is 2.33. The van der Waals surface area contributed by atoms with Crippen molar-refractivity contribution in [1.82, 2.24) is 15.2 Å². The summed E-state index contributed by atoms with van der Waals surface area (Å²) in [6.45, 7) is 1.83. The highest BCUT2D eigenvalue weighted by molar-refractivity contribution is 7.90. The predicted octanol–water partition coefficient (Wildman–Crippen LogP) is 1.94. The molecule has 9 heteroatoms. The third-order valence-corrected chi connectivity index (χ3v) is 6.27. The summed E-state index contributed by atoms with van der Waals surface area (Å²) in [5.74, 6) is -0.552. The van der Waals surface area contributed by atoms with Crippen LogP contribution in [-0.4, -0.2) is 48.3 Å². The molecule has 1 saturated heterocycles. The van der Waals surface area contributed by atoms with Crippen LogP contribution in [0.4, 0.5) is 10.6 Å². The minimum atomic E-state index is -3.23. The SMILES string of the molecule is CC(NC(=O)N1C(=O)C(Cc2ccnc(N)c2)C1CCS(C)(=O)=O)c1ccccc1. The fourth-order valence-corrected chi connectivity index (χ4v) is 4.37. The van der Waals surface area contributed by atoms with E-state index in [1.807, 2.05) is 37.3 Å². The second-order valence-electron chi connectivity index (χ2n) is 7.68. The summed E-state index contributed by atoms with van der Waals surface area (Å²) >= 11 is 0. The van der Waals surface area contributed by atoms with Gasteiger partial charge in [0, 0.05) is 12.5 Å². The van der Waals surface area contributed by atoms with Crippen LogP contribution in [0.15, 0.2) is 48.7 Å². The lowest BCUT2D eigenvalue weighted by Gasteiger charge is -2.46. The third kappa shape index (κ3) is 5.15. The van der Waals surface area contributed by atoms with Gasteiger partial charge in [-0.3, -0.25) is 9.69 Å². The average Bonchev–Trinajstić information content (AvgIpc) is 2.68. The molecular formula is C21H26N4O4S. The zero-order chi connectivity index (χ0) is 21.9. The van der Waals surface area contributed by atoms with E-state index in [0.29, 0.717) is 12.2 Å². The van der Waals surface area contributed by atoms with E-state index in [-0.39, 0.29) is 24.1 Å². The molecule has 2 aromatic rings. The van der Waals surface area contributed by atoms with Crippen molar-refractivity contribution in [3.8, 4) is 0 Å². The van der Waals surface area contributed by atoms with Crippen LogP contribution in [0.25, 0.3) is 0 Å². The molecule has 1 aliphatic rings. The monoisotopic (exact) mass is 430 g/mol. The number of benzene rings is 1. The maximum atomic E-state index is 12.8. The van der Waals surface area contributed by atoms with Gasteiger partial charge in [-0.25, -0.2) is 18.2 Å². The van der Waals surface area contributed by atoms with Gasteiger partial charge in [0.1, 0.15) is 15.7 Å². The molecule has 1 aliphatic heterocycles. The zero-order valence-electron chi connectivity index (χ0n) is 17.0. The number of sulfone groups is 1. The number of carbonyl (C=O) groups is 2. The number of hydrogen-bond acceptors (Lipinski definition) is 6. The average molecular weight is 431 g/mol. The first-order chi connectivity index (χ1) is 14.2. The second kappa shape index (κ2) is 8.83. The topological polar surface area (TPSA) is 122 Å². The van der Waals surface area contributed by atoms with E-state index in [9.17, 15) is 18.0 Å². The van der Waals surface area contributed by atoms with Crippen LogP contribution in [0.3, 0.4) is 0 Å². The van der Waals surface area contributed by atoms with Gasteiger partial charge in [0.15, 0.2) is 0 Å². The van der Waals surface area contributed by atoms with E-state index in [0.717, 1.165) is 22.3 Å². The molecule has 0 saturated carbocycles. The van der Waals surface area contributed by atoms with Crippen molar-refractivity contribution in [3.63, 3.8) is 0 Å². The van der Waals surface area contributed by atoms with Gasteiger partial charge in [-0.15, -0.1) is 0 Å². The zero-order valence-corrected chi connectivity index (χ0v) is 17.8. The van der Waals surface area contributed by atoms with Gasteiger partial charge in [0.05, 0.1) is 23.8 Å². The van der Waals surface area contributed by atoms with Crippen molar-refractivity contribution >= 4 is 27.6 Å². The lowest BCUT2D eigenvalue weighted by Crippen LogP contribution is -2.66. The highest BCUT2D eigenvalue weighted by atomic mass is 32.2. The van der Waals surface area contributed by atoms with Crippen LogP contribution in [0.5, 0.6) is 0 Å². The molecule has 3 atom stereocenters. The fourth-order valence-electron chi connectivity index (χ4n) is 3.70. The first-order valence-corrected chi connectivity index (χ1v) is 11.8. The van der Waals surface area contributed by atoms with Crippen molar-refractivity contribution < 1.29 is 18.0 Å². The summed E-state index contributed by atoms with van der Waals surface area (Å²) in [6.07, 6.45) is 3.28. The number of amides is 3. The van der Waals surface area contributed by atoms with Gasteiger partial charge in [-0.05, 0) is 43.0 Å². The second-order valence-corrected chi connectivity index (χ2v) is 9.94. The third-order valence-electron chi connectivity index (χ3n) is 5.29. The summed E-state index contributed by atoms with van der Waals surface area (Å²) in [5.41, 5.74) is 7.45. The van der Waals surface area contributed by atoms with Crippen molar-refractivity contribution in [1.29, 1.82) is 0 Å². The van der Waals surface area contributed by atoms with Crippen LogP contribution in [-0.2, 0) is 21.1 Å². The number of nitrogens with one attached hydrogen (secondary N) is 1. The van der Waals surface area contributed by atoms with Crippen molar-refractivity contribution in [3.05, 3.63) is 59.8 Å². The molecule has 3 unspecified atom stereocenters. The molecule has 1 fully saturated rings. The normalized spacial score (nSPS) is 19.8. The maximum absolute atomic E-state index is 12.8. The Morgan fingerprint density at radius 1 is 1.27 bits per heavy atom.